The lowest BCUT2D eigenvalue weighted by Gasteiger charge is -2.10. The average molecular weight is 267 g/mol. The van der Waals surface area contributed by atoms with Gasteiger partial charge in [-0.3, -0.25) is 0 Å². The third kappa shape index (κ3) is 6.04. The summed E-state index contributed by atoms with van der Waals surface area (Å²) in [5.74, 6) is 0.619. The summed E-state index contributed by atoms with van der Waals surface area (Å²) in [6, 6.07) is 0. The van der Waals surface area contributed by atoms with E-state index in [0.717, 1.165) is 0 Å². The predicted molar refractivity (Wildman–Crippen MR) is 69.0 cm³/mol. The van der Waals surface area contributed by atoms with Gasteiger partial charge in [0.05, 0.1) is 6.61 Å². The Morgan fingerprint density at radius 3 is 2.74 bits per heavy atom. The van der Waals surface area contributed by atoms with Crippen LogP contribution < -0.4 is 0 Å². The van der Waals surface area contributed by atoms with Gasteiger partial charge in [0, 0.05) is 11.9 Å². The number of alkyl halides is 2. The summed E-state index contributed by atoms with van der Waals surface area (Å²) in [6.07, 6.45) is 5.83. The molecular weight excluding hydrogens is 253 g/mol. The van der Waals surface area contributed by atoms with Crippen LogP contribution in [0.4, 0.5) is 8.78 Å². The van der Waals surface area contributed by atoms with Crippen molar-refractivity contribution >= 4 is 13.2 Å². The normalized spacial score (nSPS) is 14.9. The van der Waals surface area contributed by atoms with Gasteiger partial charge in [-0.25, -0.2) is 13.6 Å². The third-order valence-electron chi connectivity index (χ3n) is 2.28. The molecule has 0 aromatic rings. The lowest BCUT2D eigenvalue weighted by molar-refractivity contribution is -0.132. The second kappa shape index (κ2) is 8.29. The SMILES string of the molecule is O=C(O)C1=C(OCCCC(F)F)C=CC=CC=C[B]1. The van der Waals surface area contributed by atoms with Crippen molar-refractivity contribution in [3.8, 4) is 0 Å². The highest BCUT2D eigenvalue weighted by molar-refractivity contribution is 6.58. The van der Waals surface area contributed by atoms with Gasteiger partial charge in [0.1, 0.15) is 5.76 Å². The molecule has 1 radical (unpaired) electrons. The van der Waals surface area contributed by atoms with Crippen LogP contribution in [0.25, 0.3) is 0 Å². The Morgan fingerprint density at radius 2 is 2.05 bits per heavy atom. The van der Waals surface area contributed by atoms with Crippen LogP contribution in [-0.4, -0.2) is 31.4 Å². The van der Waals surface area contributed by atoms with Crippen LogP contribution in [0, 0.1) is 0 Å². The highest BCUT2D eigenvalue weighted by atomic mass is 19.3. The molecule has 0 atom stereocenters. The maximum atomic E-state index is 12.0. The van der Waals surface area contributed by atoms with Gasteiger partial charge in [-0.05, 0) is 12.5 Å². The maximum Gasteiger partial charge on any atom is 0.325 e. The van der Waals surface area contributed by atoms with Crippen molar-refractivity contribution in [2.45, 2.75) is 19.3 Å². The van der Waals surface area contributed by atoms with Crippen LogP contribution in [0.5, 0.6) is 0 Å². The number of carbonyl (C=O) groups is 1. The minimum absolute atomic E-state index is 0.00625. The van der Waals surface area contributed by atoms with E-state index in [4.69, 9.17) is 9.84 Å². The van der Waals surface area contributed by atoms with E-state index >= 15 is 0 Å². The molecule has 19 heavy (non-hydrogen) atoms. The van der Waals surface area contributed by atoms with Crippen molar-refractivity contribution in [3.05, 3.63) is 47.6 Å². The summed E-state index contributed by atoms with van der Waals surface area (Å²) in [6.45, 7) is 0.0576. The van der Waals surface area contributed by atoms with E-state index in [1.54, 1.807) is 30.3 Å². The number of aliphatic carboxylic acids is 1. The van der Waals surface area contributed by atoms with E-state index in [9.17, 15) is 13.6 Å². The molecule has 101 valence electrons. The highest BCUT2D eigenvalue weighted by Crippen LogP contribution is 2.12. The lowest BCUT2D eigenvalue weighted by atomic mass is 9.68. The van der Waals surface area contributed by atoms with Crippen molar-refractivity contribution in [2.75, 3.05) is 6.61 Å². The van der Waals surface area contributed by atoms with E-state index in [1.807, 2.05) is 0 Å². The molecule has 0 bridgehead atoms. The molecule has 0 aliphatic carbocycles. The standard InChI is InChI=1S/C13H14BF2O3/c15-11(16)7-5-9-19-10-6-3-1-2-4-8-14-12(10)13(17)18/h1-4,6,8,11H,5,7,9H2,(H,17,18). The van der Waals surface area contributed by atoms with E-state index < -0.39 is 12.4 Å². The van der Waals surface area contributed by atoms with Gasteiger partial charge in [-0.1, -0.05) is 24.3 Å². The smallest absolute Gasteiger partial charge is 0.325 e. The molecule has 3 nitrogen and oxygen atoms in total. The number of allylic oxidation sites excluding steroid dienone is 5. The molecule has 1 N–H and O–H groups in total. The van der Waals surface area contributed by atoms with Crippen LogP contribution in [0.1, 0.15) is 12.8 Å². The first-order chi connectivity index (χ1) is 9.11. The molecule has 1 aliphatic rings. The molecule has 0 unspecified atom stereocenters. The molecule has 0 saturated heterocycles. The fourth-order valence-electron chi connectivity index (χ4n) is 1.38. The molecule has 0 saturated carbocycles. The molecule has 0 aromatic carbocycles. The van der Waals surface area contributed by atoms with Gasteiger partial charge in [0.15, 0.2) is 7.28 Å². The first-order valence-corrected chi connectivity index (χ1v) is 5.84. The van der Waals surface area contributed by atoms with Crippen LogP contribution in [0.3, 0.4) is 0 Å². The van der Waals surface area contributed by atoms with Crippen molar-refractivity contribution < 1.29 is 23.4 Å². The number of rotatable bonds is 6. The summed E-state index contributed by atoms with van der Waals surface area (Å²) in [7, 11) is 1.41. The van der Waals surface area contributed by atoms with Crippen molar-refractivity contribution in [2.24, 2.45) is 0 Å². The average Bonchev–Trinajstić information content (AvgIpc) is 2.46. The number of ether oxygens (including phenoxy) is 1. The number of hydrogen-bond acceptors (Lipinski definition) is 2. The Morgan fingerprint density at radius 1 is 1.32 bits per heavy atom. The number of carboxylic acid groups (broad SMARTS) is 1. The number of carboxylic acids is 1. The van der Waals surface area contributed by atoms with Gasteiger partial charge in [0.2, 0.25) is 6.43 Å². The van der Waals surface area contributed by atoms with Gasteiger partial charge in [-0.2, -0.15) is 0 Å². The minimum atomic E-state index is -2.37. The molecule has 0 fully saturated rings. The van der Waals surface area contributed by atoms with E-state index in [-0.39, 0.29) is 30.7 Å². The highest BCUT2D eigenvalue weighted by Gasteiger charge is 2.14. The van der Waals surface area contributed by atoms with E-state index in [1.165, 1.54) is 13.4 Å². The summed E-state index contributed by atoms with van der Waals surface area (Å²) in [4.78, 5) is 11.1. The fourth-order valence-corrected chi connectivity index (χ4v) is 1.38. The van der Waals surface area contributed by atoms with Gasteiger partial charge in [0.25, 0.3) is 0 Å². The molecule has 1 rings (SSSR count). The van der Waals surface area contributed by atoms with Gasteiger partial charge in [-0.15, -0.1) is 5.98 Å². The molecule has 1 heterocycles. The Bertz CT molecular complexity index is 426. The summed E-state index contributed by atoms with van der Waals surface area (Å²) in [5.41, 5.74) is -0.00625. The summed E-state index contributed by atoms with van der Waals surface area (Å²) < 4.78 is 29.2. The first kappa shape index (κ1) is 15.2. The van der Waals surface area contributed by atoms with Crippen LogP contribution in [0.15, 0.2) is 47.6 Å². The number of halogens is 2. The zero-order valence-electron chi connectivity index (χ0n) is 10.3. The lowest BCUT2D eigenvalue weighted by Crippen LogP contribution is -2.12. The first-order valence-electron chi connectivity index (χ1n) is 5.84. The predicted octanol–water partition coefficient (Wildman–Crippen LogP) is 2.69. The third-order valence-corrected chi connectivity index (χ3v) is 2.28. The van der Waals surface area contributed by atoms with Gasteiger partial charge >= 0.3 is 5.97 Å². The van der Waals surface area contributed by atoms with E-state index in [0.29, 0.717) is 0 Å². The maximum absolute atomic E-state index is 12.0. The largest absolute Gasteiger partial charge is 0.494 e. The van der Waals surface area contributed by atoms with Gasteiger partial charge < -0.3 is 9.84 Å². The van der Waals surface area contributed by atoms with Crippen molar-refractivity contribution in [3.63, 3.8) is 0 Å². The van der Waals surface area contributed by atoms with Crippen LogP contribution in [-0.2, 0) is 9.53 Å². The minimum Gasteiger partial charge on any atom is -0.494 e. The Labute approximate surface area is 111 Å². The van der Waals surface area contributed by atoms with E-state index in [2.05, 4.69) is 0 Å². The summed E-state index contributed by atoms with van der Waals surface area (Å²) in [5, 5.41) is 9.08. The zero-order valence-corrected chi connectivity index (χ0v) is 10.3. The monoisotopic (exact) mass is 267 g/mol. The Hall–Kier alpha value is -1.85. The molecule has 0 spiro atoms. The van der Waals surface area contributed by atoms with Crippen molar-refractivity contribution in [1.82, 2.24) is 0 Å². The fraction of sp³-hybridized carbons (Fsp3) is 0.308. The molecule has 1 aliphatic heterocycles. The summed E-state index contributed by atoms with van der Waals surface area (Å²) >= 11 is 0. The van der Waals surface area contributed by atoms with Crippen LogP contribution >= 0.6 is 0 Å². The molecule has 6 heteroatoms. The van der Waals surface area contributed by atoms with Crippen LogP contribution in [0.2, 0.25) is 0 Å². The second-order valence-electron chi connectivity index (χ2n) is 3.76. The Kier molecular flexibility index (Phi) is 6.64. The molecule has 0 aromatic heterocycles. The van der Waals surface area contributed by atoms with Crippen molar-refractivity contribution in [1.29, 1.82) is 0 Å². The number of hydrogen-bond donors (Lipinski definition) is 1. The zero-order chi connectivity index (χ0) is 14.1. The molecule has 0 amide bonds. The topological polar surface area (TPSA) is 46.5 Å². The Balaban J connectivity index is 2.72. The second-order valence-corrected chi connectivity index (χ2v) is 3.76. The molecular formula is C13H14BF2O3. The quantitative estimate of drug-likeness (QED) is 0.594.